The summed E-state index contributed by atoms with van der Waals surface area (Å²) in [7, 11) is 0. The lowest BCUT2D eigenvalue weighted by atomic mass is 10.1. The highest BCUT2D eigenvalue weighted by atomic mass is 16.5. The Morgan fingerprint density at radius 1 is 1.24 bits per heavy atom. The number of carbonyl (C=O) groups excluding carboxylic acids is 1. The molecule has 2 aromatic rings. The first-order valence-electron chi connectivity index (χ1n) is 6.51. The van der Waals surface area contributed by atoms with Gasteiger partial charge in [0, 0.05) is 5.56 Å². The summed E-state index contributed by atoms with van der Waals surface area (Å²) in [5.74, 6) is 0.691. The Morgan fingerprint density at radius 2 is 1.95 bits per heavy atom. The summed E-state index contributed by atoms with van der Waals surface area (Å²) in [4.78, 5) is 10.6. The number of hydrazone groups is 1. The summed E-state index contributed by atoms with van der Waals surface area (Å²) in [6.45, 7) is 2.52. The highest BCUT2D eigenvalue weighted by Gasteiger charge is 2.03. The van der Waals surface area contributed by atoms with Gasteiger partial charge in [-0.1, -0.05) is 36.4 Å². The van der Waals surface area contributed by atoms with Gasteiger partial charge in [-0.05, 0) is 30.2 Å². The zero-order valence-corrected chi connectivity index (χ0v) is 11.7. The first kappa shape index (κ1) is 14.6. The third-order valence-corrected chi connectivity index (χ3v) is 2.94. The highest BCUT2D eigenvalue weighted by Crippen LogP contribution is 2.18. The van der Waals surface area contributed by atoms with E-state index >= 15 is 0 Å². The van der Waals surface area contributed by atoms with E-state index in [-0.39, 0.29) is 0 Å². The summed E-state index contributed by atoms with van der Waals surface area (Å²) in [5.41, 5.74) is 10.2. The number of carbonyl (C=O) groups is 1. The molecule has 0 aromatic heterocycles. The van der Waals surface area contributed by atoms with Gasteiger partial charge in [-0.25, -0.2) is 10.2 Å². The molecule has 2 amide bonds. The van der Waals surface area contributed by atoms with Crippen LogP contribution in [0.5, 0.6) is 5.75 Å². The maximum absolute atomic E-state index is 10.6. The van der Waals surface area contributed by atoms with Gasteiger partial charge >= 0.3 is 6.03 Å². The molecule has 0 saturated heterocycles. The van der Waals surface area contributed by atoms with Gasteiger partial charge in [-0.3, -0.25) is 0 Å². The van der Waals surface area contributed by atoms with Crippen molar-refractivity contribution in [2.24, 2.45) is 10.8 Å². The molecule has 5 nitrogen and oxygen atoms in total. The molecule has 0 atom stereocenters. The number of rotatable bonds is 5. The van der Waals surface area contributed by atoms with Crippen molar-refractivity contribution in [2.75, 3.05) is 0 Å². The van der Waals surface area contributed by atoms with Crippen molar-refractivity contribution in [3.63, 3.8) is 0 Å². The normalized spacial score (nSPS) is 10.5. The molecule has 0 spiro atoms. The van der Waals surface area contributed by atoms with Crippen LogP contribution in [0.3, 0.4) is 0 Å². The van der Waals surface area contributed by atoms with Crippen LogP contribution in [0.4, 0.5) is 4.79 Å². The largest absolute Gasteiger partial charge is 0.488 e. The van der Waals surface area contributed by atoms with E-state index in [1.165, 1.54) is 11.8 Å². The van der Waals surface area contributed by atoms with Crippen LogP contribution in [-0.2, 0) is 6.61 Å². The van der Waals surface area contributed by atoms with Gasteiger partial charge in [-0.15, -0.1) is 0 Å². The molecule has 0 heterocycles. The van der Waals surface area contributed by atoms with E-state index < -0.39 is 6.03 Å². The monoisotopic (exact) mass is 283 g/mol. The minimum absolute atomic E-state index is 0.473. The number of para-hydroxylation sites is 1. The van der Waals surface area contributed by atoms with E-state index in [1.54, 1.807) is 0 Å². The Bertz CT molecular complexity index is 653. The number of nitrogens with one attached hydrogen (secondary N) is 1. The van der Waals surface area contributed by atoms with Gasteiger partial charge in [0.2, 0.25) is 0 Å². The molecule has 0 fully saturated rings. The molecule has 5 heteroatoms. The Labute approximate surface area is 123 Å². The van der Waals surface area contributed by atoms with Crippen LogP contribution < -0.4 is 15.9 Å². The van der Waals surface area contributed by atoms with Crippen LogP contribution in [-0.4, -0.2) is 12.2 Å². The summed E-state index contributed by atoms with van der Waals surface area (Å²) in [6.07, 6.45) is 1.50. The fourth-order valence-electron chi connectivity index (χ4n) is 1.81. The standard InChI is InChI=1S/C16H17N3O2/c1-12-6-2-3-8-14(12)11-21-15-9-5-4-7-13(15)10-18-19-16(17)20/h2-10H,11H2,1H3,(H3,17,19,20)/b18-10+. The molecule has 0 saturated carbocycles. The minimum Gasteiger partial charge on any atom is -0.488 e. The molecule has 2 aromatic carbocycles. The van der Waals surface area contributed by atoms with Gasteiger partial charge in [0.05, 0.1) is 6.21 Å². The van der Waals surface area contributed by atoms with Gasteiger partial charge in [0.1, 0.15) is 12.4 Å². The van der Waals surface area contributed by atoms with E-state index in [9.17, 15) is 4.79 Å². The number of amides is 2. The average Bonchev–Trinajstić information content (AvgIpc) is 2.47. The van der Waals surface area contributed by atoms with Crippen molar-refractivity contribution in [1.82, 2.24) is 5.43 Å². The molecule has 0 aliphatic carbocycles. The van der Waals surface area contributed by atoms with Crippen molar-refractivity contribution in [3.8, 4) is 5.75 Å². The summed E-state index contributed by atoms with van der Waals surface area (Å²) >= 11 is 0. The van der Waals surface area contributed by atoms with Gasteiger partial charge in [-0.2, -0.15) is 5.10 Å². The molecular weight excluding hydrogens is 266 g/mol. The van der Waals surface area contributed by atoms with Crippen molar-refractivity contribution in [1.29, 1.82) is 0 Å². The quantitative estimate of drug-likeness (QED) is 0.653. The fourth-order valence-corrected chi connectivity index (χ4v) is 1.81. The number of hydrogen-bond donors (Lipinski definition) is 2. The van der Waals surface area contributed by atoms with E-state index in [0.717, 1.165) is 11.1 Å². The first-order valence-corrected chi connectivity index (χ1v) is 6.51. The number of nitrogens with zero attached hydrogens (tertiary/aromatic N) is 1. The third-order valence-electron chi connectivity index (χ3n) is 2.94. The maximum atomic E-state index is 10.6. The highest BCUT2D eigenvalue weighted by molar-refractivity contribution is 5.84. The Hall–Kier alpha value is -2.82. The summed E-state index contributed by atoms with van der Waals surface area (Å²) in [5, 5.41) is 3.74. The Morgan fingerprint density at radius 3 is 2.71 bits per heavy atom. The zero-order valence-electron chi connectivity index (χ0n) is 11.7. The Balaban J connectivity index is 2.08. The predicted octanol–water partition coefficient (Wildman–Crippen LogP) is 2.58. The summed E-state index contributed by atoms with van der Waals surface area (Å²) < 4.78 is 5.83. The van der Waals surface area contributed by atoms with E-state index in [1.807, 2.05) is 55.5 Å². The second-order valence-corrected chi connectivity index (χ2v) is 4.49. The van der Waals surface area contributed by atoms with Crippen LogP contribution in [0.25, 0.3) is 0 Å². The van der Waals surface area contributed by atoms with E-state index in [4.69, 9.17) is 10.5 Å². The molecule has 0 radical (unpaired) electrons. The van der Waals surface area contributed by atoms with Crippen molar-refractivity contribution in [3.05, 3.63) is 65.2 Å². The third kappa shape index (κ3) is 4.35. The van der Waals surface area contributed by atoms with Crippen LogP contribution in [0.2, 0.25) is 0 Å². The van der Waals surface area contributed by atoms with Gasteiger partial charge in [0.15, 0.2) is 0 Å². The zero-order chi connectivity index (χ0) is 15.1. The molecular formula is C16H17N3O2. The van der Waals surface area contributed by atoms with Crippen LogP contribution in [0, 0.1) is 6.92 Å². The molecule has 0 aliphatic heterocycles. The Kier molecular flexibility index (Phi) is 4.93. The van der Waals surface area contributed by atoms with Crippen molar-refractivity contribution in [2.45, 2.75) is 13.5 Å². The van der Waals surface area contributed by atoms with Crippen LogP contribution >= 0.6 is 0 Å². The number of urea groups is 1. The number of primary amides is 1. The lowest BCUT2D eigenvalue weighted by Crippen LogP contribution is -2.24. The van der Waals surface area contributed by atoms with Gasteiger partial charge < -0.3 is 10.5 Å². The van der Waals surface area contributed by atoms with Crippen molar-refractivity contribution >= 4 is 12.2 Å². The van der Waals surface area contributed by atoms with E-state index in [2.05, 4.69) is 10.5 Å². The predicted molar refractivity (Wildman–Crippen MR) is 82.3 cm³/mol. The second kappa shape index (κ2) is 7.09. The molecule has 0 aliphatic rings. The van der Waals surface area contributed by atoms with Crippen LogP contribution in [0.1, 0.15) is 16.7 Å². The molecule has 0 bridgehead atoms. The summed E-state index contributed by atoms with van der Waals surface area (Å²) in [6, 6.07) is 14.8. The number of aryl methyl sites for hydroxylation is 1. The smallest absolute Gasteiger partial charge is 0.332 e. The number of hydrogen-bond acceptors (Lipinski definition) is 3. The topological polar surface area (TPSA) is 76.7 Å². The molecule has 21 heavy (non-hydrogen) atoms. The van der Waals surface area contributed by atoms with Gasteiger partial charge in [0.25, 0.3) is 0 Å². The second-order valence-electron chi connectivity index (χ2n) is 4.49. The van der Waals surface area contributed by atoms with E-state index in [0.29, 0.717) is 12.4 Å². The lowest BCUT2D eigenvalue weighted by Gasteiger charge is -2.10. The maximum Gasteiger partial charge on any atom is 0.332 e. The number of nitrogens with two attached hydrogens (primary N) is 1. The molecule has 0 unspecified atom stereocenters. The first-order chi connectivity index (χ1) is 10.2. The van der Waals surface area contributed by atoms with Crippen LogP contribution in [0.15, 0.2) is 53.6 Å². The molecule has 3 N–H and O–H groups in total. The number of benzene rings is 2. The SMILES string of the molecule is Cc1ccccc1COc1ccccc1/C=N/NC(N)=O. The van der Waals surface area contributed by atoms with Crippen molar-refractivity contribution < 1.29 is 9.53 Å². The fraction of sp³-hybridized carbons (Fsp3) is 0.125. The molecule has 108 valence electrons. The molecule has 2 rings (SSSR count). The average molecular weight is 283 g/mol. The number of ether oxygens (including phenoxy) is 1. The lowest BCUT2D eigenvalue weighted by molar-refractivity contribution is 0.249. The minimum atomic E-state index is -0.704.